The van der Waals surface area contributed by atoms with E-state index in [1.54, 1.807) is 0 Å². The molecule has 0 aromatic carbocycles. The maximum Gasteiger partial charge on any atom is 0.239 e. The van der Waals surface area contributed by atoms with Gasteiger partial charge in [0.1, 0.15) is 0 Å². The zero-order valence-electron chi connectivity index (χ0n) is 14.5. The number of amides is 1. The van der Waals surface area contributed by atoms with Crippen LogP contribution in [0.1, 0.15) is 42.1 Å². The zero-order valence-corrected chi connectivity index (χ0v) is 15.3. The number of nitrogens with zero attached hydrogens (tertiary/aromatic N) is 2. The third-order valence-electron chi connectivity index (χ3n) is 4.55. The molecule has 1 amide bonds. The van der Waals surface area contributed by atoms with E-state index in [9.17, 15) is 4.79 Å². The minimum absolute atomic E-state index is 0.136. The summed E-state index contributed by atoms with van der Waals surface area (Å²) in [6, 6.07) is 2.30. The van der Waals surface area contributed by atoms with Crippen LogP contribution in [0.25, 0.3) is 0 Å². The summed E-state index contributed by atoms with van der Waals surface area (Å²) in [5, 5.41) is 3.47. The van der Waals surface area contributed by atoms with E-state index >= 15 is 0 Å². The summed E-state index contributed by atoms with van der Waals surface area (Å²) in [6.45, 7) is 15.4. The van der Waals surface area contributed by atoms with Gasteiger partial charge in [0.2, 0.25) is 5.91 Å². The van der Waals surface area contributed by atoms with Crippen LogP contribution in [-0.2, 0) is 4.79 Å². The molecule has 0 unspecified atom stereocenters. The number of piperazine rings is 1. The highest BCUT2D eigenvalue weighted by Gasteiger charge is 2.25. The van der Waals surface area contributed by atoms with Crippen molar-refractivity contribution in [2.45, 2.75) is 46.7 Å². The Labute approximate surface area is 138 Å². The van der Waals surface area contributed by atoms with Crippen molar-refractivity contribution in [3.8, 4) is 0 Å². The van der Waals surface area contributed by atoms with E-state index in [2.05, 4.69) is 44.0 Å². The van der Waals surface area contributed by atoms with Crippen molar-refractivity contribution in [1.29, 1.82) is 0 Å². The molecule has 2 atom stereocenters. The Morgan fingerprint density at radius 2 is 1.91 bits per heavy atom. The molecule has 2 heterocycles. The van der Waals surface area contributed by atoms with Crippen molar-refractivity contribution in [2.24, 2.45) is 0 Å². The first kappa shape index (κ1) is 17.4. The first-order chi connectivity index (χ1) is 10.4. The Balaban J connectivity index is 1.90. The summed E-state index contributed by atoms with van der Waals surface area (Å²) in [5.41, 5.74) is 1.32. The number of carbonyl (C=O) groups is 1. The summed E-state index contributed by atoms with van der Waals surface area (Å²) in [6.07, 6.45) is 0. The average Bonchev–Trinajstić information content (AvgIpc) is 2.85. The van der Waals surface area contributed by atoms with Crippen molar-refractivity contribution in [2.75, 3.05) is 32.7 Å². The smallest absolute Gasteiger partial charge is 0.239 e. The number of rotatable bonds is 5. The third kappa shape index (κ3) is 4.09. The monoisotopic (exact) mass is 323 g/mol. The summed E-state index contributed by atoms with van der Waals surface area (Å²) in [7, 11) is 0. The van der Waals surface area contributed by atoms with Gasteiger partial charge in [-0.2, -0.15) is 0 Å². The summed E-state index contributed by atoms with van der Waals surface area (Å²) in [5.74, 6) is 0.229. The maximum absolute atomic E-state index is 12.6. The van der Waals surface area contributed by atoms with Crippen LogP contribution >= 0.6 is 11.3 Å². The minimum Gasteiger partial charge on any atom is -0.339 e. The van der Waals surface area contributed by atoms with Crippen LogP contribution < -0.4 is 5.32 Å². The normalized spacial score (nSPS) is 19.2. The van der Waals surface area contributed by atoms with Crippen LogP contribution in [0.5, 0.6) is 0 Å². The van der Waals surface area contributed by atoms with Gasteiger partial charge in [-0.15, -0.1) is 11.3 Å². The van der Waals surface area contributed by atoms with Crippen molar-refractivity contribution in [1.82, 2.24) is 15.1 Å². The summed E-state index contributed by atoms with van der Waals surface area (Å²) in [4.78, 5) is 19.7. The van der Waals surface area contributed by atoms with Crippen molar-refractivity contribution in [3.63, 3.8) is 0 Å². The third-order valence-corrected chi connectivity index (χ3v) is 5.53. The van der Waals surface area contributed by atoms with Gasteiger partial charge in [-0.1, -0.05) is 6.92 Å². The van der Waals surface area contributed by atoms with Crippen molar-refractivity contribution in [3.05, 3.63) is 21.4 Å². The minimum atomic E-state index is -0.136. The fourth-order valence-electron chi connectivity index (χ4n) is 3.17. The van der Waals surface area contributed by atoms with Crippen LogP contribution in [0.4, 0.5) is 0 Å². The van der Waals surface area contributed by atoms with Gasteiger partial charge in [0.05, 0.1) is 6.04 Å². The van der Waals surface area contributed by atoms with Gasteiger partial charge in [-0.25, -0.2) is 0 Å². The number of carbonyl (C=O) groups excluding carboxylic acids is 1. The molecule has 5 heteroatoms. The SMILES string of the molecule is CCN1CCN(C(=O)[C@H](C)N[C@H](C)c2cc(C)sc2C)CC1. The van der Waals surface area contributed by atoms with Crippen LogP contribution in [0.15, 0.2) is 6.07 Å². The Hall–Kier alpha value is -0.910. The largest absolute Gasteiger partial charge is 0.339 e. The van der Waals surface area contributed by atoms with Crippen LogP contribution in [0.3, 0.4) is 0 Å². The Kier molecular flexibility index (Phi) is 6.01. The molecule has 1 aliphatic heterocycles. The zero-order chi connectivity index (χ0) is 16.3. The molecule has 4 nitrogen and oxygen atoms in total. The lowest BCUT2D eigenvalue weighted by atomic mass is 10.1. The number of hydrogen-bond acceptors (Lipinski definition) is 4. The van der Waals surface area contributed by atoms with E-state index in [1.807, 2.05) is 23.2 Å². The molecule has 1 aromatic rings. The topological polar surface area (TPSA) is 35.6 Å². The fraction of sp³-hybridized carbons (Fsp3) is 0.706. The lowest BCUT2D eigenvalue weighted by Crippen LogP contribution is -2.53. The van der Waals surface area contributed by atoms with Crippen molar-refractivity contribution >= 4 is 17.2 Å². The van der Waals surface area contributed by atoms with E-state index in [-0.39, 0.29) is 18.0 Å². The lowest BCUT2D eigenvalue weighted by Gasteiger charge is -2.36. The number of hydrogen-bond donors (Lipinski definition) is 1. The van der Waals surface area contributed by atoms with Crippen LogP contribution in [0, 0.1) is 13.8 Å². The van der Waals surface area contributed by atoms with E-state index in [1.165, 1.54) is 15.3 Å². The molecule has 2 rings (SSSR count). The van der Waals surface area contributed by atoms with E-state index in [4.69, 9.17) is 0 Å². The highest BCUT2D eigenvalue weighted by Crippen LogP contribution is 2.26. The highest BCUT2D eigenvalue weighted by atomic mass is 32.1. The molecule has 0 bridgehead atoms. The molecule has 1 aromatic heterocycles. The second kappa shape index (κ2) is 7.57. The average molecular weight is 324 g/mol. The molecular weight excluding hydrogens is 294 g/mol. The molecule has 124 valence electrons. The maximum atomic E-state index is 12.6. The standard InChI is InChI=1S/C17H29N3OS/c1-6-19-7-9-20(10-8-19)17(21)14(4)18-13(3)16-11-12(2)22-15(16)5/h11,13-14,18H,6-10H2,1-5H3/t13-,14+/m1/s1. The van der Waals surface area contributed by atoms with E-state index < -0.39 is 0 Å². The van der Waals surface area contributed by atoms with Crippen LogP contribution in [0.2, 0.25) is 0 Å². The fourth-order valence-corrected chi connectivity index (χ4v) is 4.20. The second-order valence-corrected chi connectivity index (χ2v) is 7.70. The number of aryl methyl sites for hydroxylation is 2. The first-order valence-electron chi connectivity index (χ1n) is 8.26. The summed E-state index contributed by atoms with van der Waals surface area (Å²) >= 11 is 1.82. The van der Waals surface area contributed by atoms with Gasteiger partial charge < -0.3 is 9.80 Å². The highest BCUT2D eigenvalue weighted by molar-refractivity contribution is 7.12. The molecular formula is C17H29N3OS. The number of nitrogens with one attached hydrogen (secondary N) is 1. The molecule has 0 saturated carbocycles. The number of thiophene rings is 1. The predicted octanol–water partition coefficient (Wildman–Crippen LogP) is 2.57. The van der Waals surface area contributed by atoms with Gasteiger partial charge in [0, 0.05) is 42.0 Å². The predicted molar refractivity (Wildman–Crippen MR) is 93.5 cm³/mol. The Morgan fingerprint density at radius 3 is 2.41 bits per heavy atom. The Morgan fingerprint density at radius 1 is 1.27 bits per heavy atom. The lowest BCUT2D eigenvalue weighted by molar-refractivity contribution is -0.135. The van der Waals surface area contributed by atoms with Gasteiger partial charge in [-0.05, 0) is 45.9 Å². The quantitative estimate of drug-likeness (QED) is 0.904. The van der Waals surface area contributed by atoms with Gasteiger partial charge in [0.15, 0.2) is 0 Å². The van der Waals surface area contributed by atoms with Gasteiger partial charge >= 0.3 is 0 Å². The van der Waals surface area contributed by atoms with Crippen LogP contribution in [-0.4, -0.2) is 54.5 Å². The summed E-state index contributed by atoms with van der Waals surface area (Å²) < 4.78 is 0. The molecule has 0 spiro atoms. The molecule has 1 fully saturated rings. The first-order valence-corrected chi connectivity index (χ1v) is 9.08. The van der Waals surface area contributed by atoms with Gasteiger partial charge in [0.25, 0.3) is 0 Å². The molecule has 0 aliphatic carbocycles. The molecule has 1 aliphatic rings. The number of likely N-dealkylation sites (N-methyl/N-ethyl adjacent to an activating group) is 1. The Bertz CT molecular complexity index is 506. The second-order valence-electron chi connectivity index (χ2n) is 6.24. The van der Waals surface area contributed by atoms with Crippen molar-refractivity contribution < 1.29 is 4.79 Å². The molecule has 0 radical (unpaired) electrons. The van der Waals surface area contributed by atoms with E-state index in [0.717, 1.165) is 32.7 Å². The molecule has 22 heavy (non-hydrogen) atoms. The van der Waals surface area contributed by atoms with Gasteiger partial charge in [-0.3, -0.25) is 10.1 Å². The molecule has 1 saturated heterocycles. The van der Waals surface area contributed by atoms with E-state index in [0.29, 0.717) is 0 Å². The molecule has 1 N–H and O–H groups in total.